The average molecular weight is 687 g/mol. The van der Waals surface area contributed by atoms with Crippen molar-refractivity contribution < 1.29 is 21.6 Å². The zero-order valence-corrected chi connectivity index (χ0v) is 26.8. The Balaban J connectivity index is 1.39. The second-order valence-corrected chi connectivity index (χ2v) is 13.9. The third kappa shape index (κ3) is 6.61. The standard InChI is InChI=1S/C30H25Cl2N5O6S2/c1-19-28(30(39)37(36(19)2)22-10-4-3-5-11-22)35-44(40,41)23-12-8-9-20(17-23)29(38)33-21-15-16-25(32)27(18-21)45(42,43)34-26-14-7-6-13-24(26)31/h3-18,34-35H,1-2H3,(H,33,38). The summed E-state index contributed by atoms with van der Waals surface area (Å²) in [4.78, 5) is 25.8. The zero-order valence-electron chi connectivity index (χ0n) is 23.7. The Morgan fingerprint density at radius 2 is 1.44 bits per heavy atom. The van der Waals surface area contributed by atoms with Crippen LogP contribution in [-0.2, 0) is 27.1 Å². The maximum Gasteiger partial charge on any atom is 0.296 e. The molecule has 0 aliphatic rings. The molecule has 1 aromatic heterocycles. The largest absolute Gasteiger partial charge is 0.322 e. The van der Waals surface area contributed by atoms with Gasteiger partial charge in [0.15, 0.2) is 0 Å². The summed E-state index contributed by atoms with van der Waals surface area (Å²) in [5.41, 5.74) is 0.386. The number of carbonyl (C=O) groups excluding carboxylic acids is 1. The summed E-state index contributed by atoms with van der Waals surface area (Å²) in [5, 5.41) is 2.63. The molecule has 45 heavy (non-hydrogen) atoms. The summed E-state index contributed by atoms with van der Waals surface area (Å²) in [7, 11) is -6.88. The lowest BCUT2D eigenvalue weighted by atomic mass is 10.2. The Hall–Kier alpha value is -4.56. The summed E-state index contributed by atoms with van der Waals surface area (Å²) in [5.74, 6) is -0.723. The van der Waals surface area contributed by atoms with E-state index in [1.807, 2.05) is 0 Å². The van der Waals surface area contributed by atoms with Crippen LogP contribution in [0, 0.1) is 6.92 Å². The first-order valence-electron chi connectivity index (χ1n) is 13.1. The van der Waals surface area contributed by atoms with Gasteiger partial charge in [-0.3, -0.25) is 23.7 Å². The van der Waals surface area contributed by atoms with Gasteiger partial charge in [0.25, 0.3) is 31.5 Å². The lowest BCUT2D eigenvalue weighted by molar-refractivity contribution is 0.102. The van der Waals surface area contributed by atoms with Crippen molar-refractivity contribution in [3.05, 3.63) is 129 Å². The highest BCUT2D eigenvalue weighted by atomic mass is 35.5. The van der Waals surface area contributed by atoms with Crippen LogP contribution in [0.3, 0.4) is 0 Å². The SMILES string of the molecule is Cc1c(NS(=O)(=O)c2cccc(C(=O)Nc3ccc(Cl)c(S(=O)(=O)Nc4ccccc4Cl)c3)c2)c(=O)n(-c2ccccc2)n1C. The van der Waals surface area contributed by atoms with Crippen molar-refractivity contribution in [3.8, 4) is 5.69 Å². The van der Waals surface area contributed by atoms with Crippen LogP contribution < -0.4 is 20.3 Å². The van der Waals surface area contributed by atoms with Crippen LogP contribution in [0.4, 0.5) is 17.1 Å². The van der Waals surface area contributed by atoms with E-state index in [0.29, 0.717) is 11.4 Å². The van der Waals surface area contributed by atoms with Gasteiger partial charge in [0.2, 0.25) is 0 Å². The molecule has 1 heterocycles. The number of rotatable bonds is 9. The molecule has 5 rings (SSSR count). The average Bonchev–Trinajstić information content (AvgIpc) is 3.22. The molecular weight excluding hydrogens is 661 g/mol. The smallest absolute Gasteiger partial charge is 0.296 e. The van der Waals surface area contributed by atoms with Crippen molar-refractivity contribution in [1.29, 1.82) is 0 Å². The fraction of sp³-hybridized carbons (Fsp3) is 0.0667. The van der Waals surface area contributed by atoms with E-state index in [2.05, 4.69) is 14.8 Å². The second-order valence-electron chi connectivity index (χ2n) is 9.75. The highest BCUT2D eigenvalue weighted by Gasteiger charge is 2.24. The highest BCUT2D eigenvalue weighted by Crippen LogP contribution is 2.30. The molecule has 0 aliphatic carbocycles. The molecule has 0 fully saturated rings. The molecule has 0 saturated carbocycles. The molecule has 0 bridgehead atoms. The van der Waals surface area contributed by atoms with Crippen LogP contribution in [0.1, 0.15) is 16.1 Å². The van der Waals surface area contributed by atoms with E-state index in [1.54, 1.807) is 56.4 Å². The fourth-order valence-electron chi connectivity index (χ4n) is 4.42. The maximum atomic E-state index is 13.4. The number of para-hydroxylation sites is 2. The molecule has 0 aliphatic heterocycles. The first kappa shape index (κ1) is 31.9. The third-order valence-electron chi connectivity index (χ3n) is 6.79. The van der Waals surface area contributed by atoms with Crippen LogP contribution in [-0.4, -0.2) is 32.1 Å². The molecule has 0 atom stereocenters. The first-order valence-corrected chi connectivity index (χ1v) is 16.9. The monoisotopic (exact) mass is 685 g/mol. The van der Waals surface area contributed by atoms with E-state index in [0.717, 1.165) is 12.1 Å². The minimum absolute atomic E-state index is 0.0436. The molecule has 0 unspecified atom stereocenters. The van der Waals surface area contributed by atoms with Gasteiger partial charge in [0, 0.05) is 18.3 Å². The Morgan fingerprint density at radius 1 is 0.756 bits per heavy atom. The topological polar surface area (TPSA) is 148 Å². The lowest BCUT2D eigenvalue weighted by Gasteiger charge is -2.13. The summed E-state index contributed by atoms with van der Waals surface area (Å²) in [6.45, 7) is 1.60. The quantitative estimate of drug-likeness (QED) is 0.183. The first-order chi connectivity index (χ1) is 21.3. The molecule has 4 aromatic carbocycles. The van der Waals surface area contributed by atoms with Crippen molar-refractivity contribution in [3.63, 3.8) is 0 Å². The van der Waals surface area contributed by atoms with Crippen LogP contribution in [0.25, 0.3) is 5.69 Å². The Bertz CT molecular complexity index is 2220. The van der Waals surface area contributed by atoms with Crippen molar-refractivity contribution in [2.24, 2.45) is 7.05 Å². The van der Waals surface area contributed by atoms with Gasteiger partial charge in [-0.2, -0.15) is 0 Å². The number of hydrogen-bond donors (Lipinski definition) is 3. The molecule has 11 nitrogen and oxygen atoms in total. The lowest BCUT2D eigenvalue weighted by Crippen LogP contribution is -2.23. The van der Waals surface area contributed by atoms with Gasteiger partial charge >= 0.3 is 0 Å². The predicted molar refractivity (Wildman–Crippen MR) is 175 cm³/mol. The van der Waals surface area contributed by atoms with Crippen LogP contribution in [0.5, 0.6) is 0 Å². The number of amides is 1. The normalized spacial score (nSPS) is 11.6. The molecule has 3 N–H and O–H groups in total. The molecule has 1 amide bonds. The van der Waals surface area contributed by atoms with Gasteiger partial charge in [-0.15, -0.1) is 0 Å². The number of sulfonamides is 2. The number of halogens is 2. The van der Waals surface area contributed by atoms with Gasteiger partial charge in [0.05, 0.1) is 32.0 Å². The maximum absolute atomic E-state index is 13.4. The third-order valence-corrected chi connectivity index (χ3v) is 10.3. The molecule has 0 saturated heterocycles. The van der Waals surface area contributed by atoms with E-state index < -0.39 is 31.5 Å². The number of anilines is 3. The molecular formula is C30H25Cl2N5O6S2. The van der Waals surface area contributed by atoms with E-state index >= 15 is 0 Å². The number of nitrogens with one attached hydrogen (secondary N) is 3. The van der Waals surface area contributed by atoms with E-state index in [9.17, 15) is 26.4 Å². The van der Waals surface area contributed by atoms with Crippen molar-refractivity contribution in [2.75, 3.05) is 14.8 Å². The Kier molecular flexibility index (Phi) is 8.81. The number of benzene rings is 4. The van der Waals surface area contributed by atoms with Crippen molar-refractivity contribution in [2.45, 2.75) is 16.7 Å². The van der Waals surface area contributed by atoms with Gasteiger partial charge in [-0.05, 0) is 67.6 Å². The van der Waals surface area contributed by atoms with Crippen LogP contribution in [0.2, 0.25) is 10.0 Å². The van der Waals surface area contributed by atoms with Crippen LogP contribution >= 0.6 is 23.2 Å². The fourth-order valence-corrected chi connectivity index (χ4v) is 7.42. The minimum atomic E-state index is -4.31. The van der Waals surface area contributed by atoms with Crippen molar-refractivity contribution in [1.82, 2.24) is 9.36 Å². The second kappa shape index (κ2) is 12.4. The van der Waals surface area contributed by atoms with E-state index in [4.69, 9.17) is 23.2 Å². The summed E-state index contributed by atoms with van der Waals surface area (Å²) < 4.78 is 60.5. The van der Waals surface area contributed by atoms with E-state index in [1.165, 1.54) is 51.8 Å². The summed E-state index contributed by atoms with van der Waals surface area (Å²) in [6, 6.07) is 24.0. The highest BCUT2D eigenvalue weighted by molar-refractivity contribution is 7.93. The zero-order chi connectivity index (χ0) is 32.5. The van der Waals surface area contributed by atoms with Gasteiger partial charge < -0.3 is 5.32 Å². The minimum Gasteiger partial charge on any atom is -0.322 e. The summed E-state index contributed by atoms with van der Waals surface area (Å²) in [6.07, 6.45) is 0. The molecule has 15 heteroatoms. The number of nitrogens with zero attached hydrogens (tertiary/aromatic N) is 2. The van der Waals surface area contributed by atoms with Gasteiger partial charge in [0.1, 0.15) is 10.6 Å². The summed E-state index contributed by atoms with van der Waals surface area (Å²) >= 11 is 12.3. The van der Waals surface area contributed by atoms with Gasteiger partial charge in [-0.1, -0.05) is 59.6 Å². The predicted octanol–water partition coefficient (Wildman–Crippen LogP) is 5.65. The molecule has 5 aromatic rings. The number of carbonyl (C=O) groups is 1. The van der Waals surface area contributed by atoms with Crippen LogP contribution in [0.15, 0.2) is 112 Å². The number of hydrogen-bond acceptors (Lipinski definition) is 6. The van der Waals surface area contributed by atoms with Crippen molar-refractivity contribution >= 4 is 66.2 Å². The molecule has 0 radical (unpaired) electrons. The van der Waals surface area contributed by atoms with E-state index in [-0.39, 0.29) is 42.5 Å². The Morgan fingerprint density at radius 3 is 2.16 bits per heavy atom. The number of aromatic nitrogens is 2. The molecule has 0 spiro atoms. The molecule has 232 valence electrons. The Labute approximate surface area is 269 Å². The van der Waals surface area contributed by atoms with Gasteiger partial charge in [-0.25, -0.2) is 21.5 Å².